The molecule has 2 heteroatoms. The van der Waals surface area contributed by atoms with Gasteiger partial charge < -0.3 is 9.80 Å². The van der Waals surface area contributed by atoms with Crippen molar-refractivity contribution in [3.63, 3.8) is 0 Å². The summed E-state index contributed by atoms with van der Waals surface area (Å²) in [7, 11) is 0. The zero-order valence-electron chi connectivity index (χ0n) is 40.7. The SMILES string of the molecule is c1ccc2c(c1)Cc1ccccc1N2c1ccc2c(-c3ccc(-c4cccc5ccccc45)cc3)c3cc(N4c5ccccc5Cc5ccccc54)ccc3c(-c3ccc(-c4cccc5ccccc45)cc3)c2c1. The fraction of sp³-hybridized carbons (Fsp3) is 0.0278. The monoisotopic (exact) mass is 940 g/mol. The zero-order chi connectivity index (χ0) is 48.7. The molecule has 0 bridgehead atoms. The molecule has 0 N–H and O–H groups in total. The van der Waals surface area contributed by atoms with Gasteiger partial charge in [0.25, 0.3) is 0 Å². The lowest BCUT2D eigenvalue weighted by molar-refractivity contribution is 1.09. The predicted molar refractivity (Wildman–Crippen MR) is 313 cm³/mol. The average Bonchev–Trinajstić information content (AvgIpc) is 3.47. The van der Waals surface area contributed by atoms with Crippen molar-refractivity contribution in [2.45, 2.75) is 12.8 Å². The number of para-hydroxylation sites is 4. The van der Waals surface area contributed by atoms with Crippen LogP contribution in [0.1, 0.15) is 22.3 Å². The molecule has 346 valence electrons. The van der Waals surface area contributed by atoms with Crippen molar-refractivity contribution in [3.8, 4) is 44.5 Å². The van der Waals surface area contributed by atoms with Gasteiger partial charge in [-0.15, -0.1) is 0 Å². The molecule has 0 atom stereocenters. The van der Waals surface area contributed by atoms with Gasteiger partial charge in [-0.05, 0) is 158 Å². The smallest absolute Gasteiger partial charge is 0.0497 e. The highest BCUT2D eigenvalue weighted by Crippen LogP contribution is 2.51. The summed E-state index contributed by atoms with van der Waals surface area (Å²) in [6.07, 6.45) is 1.81. The topological polar surface area (TPSA) is 6.48 Å². The number of hydrogen-bond donors (Lipinski definition) is 0. The highest BCUT2D eigenvalue weighted by atomic mass is 15.2. The Hall–Kier alpha value is -9.50. The minimum Gasteiger partial charge on any atom is -0.310 e. The lowest BCUT2D eigenvalue weighted by Crippen LogP contribution is -2.18. The summed E-state index contributed by atoms with van der Waals surface area (Å²) in [5.41, 5.74) is 22.2. The summed E-state index contributed by atoms with van der Waals surface area (Å²) >= 11 is 0. The summed E-state index contributed by atoms with van der Waals surface area (Å²) in [6.45, 7) is 0. The summed E-state index contributed by atoms with van der Waals surface area (Å²) in [6, 6.07) is 99.5. The second kappa shape index (κ2) is 17.1. The number of rotatable bonds is 6. The van der Waals surface area contributed by atoms with E-state index in [2.05, 4.69) is 277 Å². The Morgan fingerprint density at radius 1 is 0.230 bits per heavy atom. The van der Waals surface area contributed by atoms with Gasteiger partial charge >= 0.3 is 0 Å². The van der Waals surface area contributed by atoms with Crippen molar-refractivity contribution in [1.29, 1.82) is 0 Å². The number of nitrogens with zero attached hydrogens (tertiary/aromatic N) is 2. The quantitative estimate of drug-likeness (QED) is 0.153. The third kappa shape index (κ3) is 6.80. The first-order valence-corrected chi connectivity index (χ1v) is 25.8. The maximum absolute atomic E-state index is 2.48. The maximum atomic E-state index is 2.48. The third-order valence-electron chi connectivity index (χ3n) is 15.8. The first kappa shape index (κ1) is 42.2. The number of benzene rings is 13. The Morgan fingerprint density at radius 3 is 0.946 bits per heavy atom. The molecule has 0 saturated heterocycles. The summed E-state index contributed by atoms with van der Waals surface area (Å²) in [5.74, 6) is 0. The molecule has 2 aliphatic heterocycles. The van der Waals surface area contributed by atoms with Crippen molar-refractivity contribution in [1.82, 2.24) is 0 Å². The molecule has 0 aromatic heterocycles. The molecule has 2 nitrogen and oxygen atoms in total. The van der Waals surface area contributed by atoms with Gasteiger partial charge in [0.1, 0.15) is 0 Å². The highest BCUT2D eigenvalue weighted by Gasteiger charge is 2.28. The van der Waals surface area contributed by atoms with Crippen LogP contribution in [0, 0.1) is 0 Å². The van der Waals surface area contributed by atoms with Crippen molar-refractivity contribution in [2.24, 2.45) is 0 Å². The largest absolute Gasteiger partial charge is 0.310 e. The fourth-order valence-corrected chi connectivity index (χ4v) is 12.4. The maximum Gasteiger partial charge on any atom is 0.0497 e. The van der Waals surface area contributed by atoms with E-state index in [9.17, 15) is 0 Å². The van der Waals surface area contributed by atoms with Gasteiger partial charge in [-0.2, -0.15) is 0 Å². The minimum atomic E-state index is 0.905. The molecule has 0 unspecified atom stereocenters. The van der Waals surface area contributed by atoms with Crippen LogP contribution in [0.5, 0.6) is 0 Å². The number of anilines is 6. The van der Waals surface area contributed by atoms with Crippen LogP contribution in [0.2, 0.25) is 0 Å². The number of fused-ring (bicyclic) bond motifs is 8. The molecule has 0 spiro atoms. The number of hydrogen-bond acceptors (Lipinski definition) is 2. The Balaban J connectivity index is 1.01. The predicted octanol–water partition coefficient (Wildman–Crippen LogP) is 19.7. The molecular formula is C72H48N2. The van der Waals surface area contributed by atoms with E-state index in [0.717, 1.165) is 24.2 Å². The minimum absolute atomic E-state index is 0.905. The van der Waals surface area contributed by atoms with Gasteiger partial charge in [-0.1, -0.05) is 218 Å². The van der Waals surface area contributed by atoms with Crippen LogP contribution in [-0.4, -0.2) is 0 Å². The fourth-order valence-electron chi connectivity index (χ4n) is 12.4. The first-order valence-electron chi connectivity index (χ1n) is 25.8. The van der Waals surface area contributed by atoms with Gasteiger partial charge in [0.05, 0.1) is 0 Å². The van der Waals surface area contributed by atoms with Gasteiger partial charge in [0.2, 0.25) is 0 Å². The Labute approximate surface area is 431 Å². The third-order valence-corrected chi connectivity index (χ3v) is 15.8. The van der Waals surface area contributed by atoms with Crippen molar-refractivity contribution < 1.29 is 0 Å². The van der Waals surface area contributed by atoms with Gasteiger partial charge in [-0.3, -0.25) is 0 Å². The Bertz CT molecular complexity index is 3990. The van der Waals surface area contributed by atoms with Crippen LogP contribution in [-0.2, 0) is 12.8 Å². The van der Waals surface area contributed by atoms with Crippen LogP contribution in [0.3, 0.4) is 0 Å². The van der Waals surface area contributed by atoms with Gasteiger partial charge in [0, 0.05) is 47.0 Å². The molecule has 2 heterocycles. The van der Waals surface area contributed by atoms with E-state index in [1.165, 1.54) is 133 Å². The van der Waals surface area contributed by atoms with Crippen molar-refractivity contribution in [2.75, 3.05) is 9.80 Å². The first-order chi connectivity index (χ1) is 36.7. The molecule has 0 amide bonds. The summed E-state index contributed by atoms with van der Waals surface area (Å²) in [5, 5.41) is 9.85. The van der Waals surface area contributed by atoms with E-state index in [-0.39, 0.29) is 0 Å². The van der Waals surface area contributed by atoms with Crippen LogP contribution >= 0.6 is 0 Å². The van der Waals surface area contributed by atoms with Crippen LogP contribution in [0.25, 0.3) is 87.6 Å². The van der Waals surface area contributed by atoms with Crippen LogP contribution in [0.15, 0.2) is 267 Å². The zero-order valence-corrected chi connectivity index (χ0v) is 40.7. The Kier molecular flexibility index (Phi) is 9.74. The Morgan fingerprint density at radius 2 is 0.554 bits per heavy atom. The molecule has 13 aromatic rings. The molecule has 74 heavy (non-hydrogen) atoms. The molecule has 2 aliphatic rings. The van der Waals surface area contributed by atoms with Gasteiger partial charge in [-0.25, -0.2) is 0 Å². The van der Waals surface area contributed by atoms with E-state index in [1.54, 1.807) is 0 Å². The second-order valence-electron chi connectivity index (χ2n) is 20.0. The van der Waals surface area contributed by atoms with Crippen LogP contribution < -0.4 is 9.80 Å². The highest BCUT2D eigenvalue weighted by molar-refractivity contribution is 6.23. The molecule has 0 aliphatic carbocycles. The second-order valence-corrected chi connectivity index (χ2v) is 20.0. The van der Waals surface area contributed by atoms with E-state index in [1.807, 2.05) is 0 Å². The van der Waals surface area contributed by atoms with E-state index >= 15 is 0 Å². The molecule has 0 fully saturated rings. The van der Waals surface area contributed by atoms with Crippen molar-refractivity contribution in [3.05, 3.63) is 289 Å². The lowest BCUT2D eigenvalue weighted by Gasteiger charge is -2.34. The summed E-state index contributed by atoms with van der Waals surface area (Å²) < 4.78 is 0. The van der Waals surface area contributed by atoms with E-state index in [0.29, 0.717) is 0 Å². The van der Waals surface area contributed by atoms with Crippen LogP contribution in [0.4, 0.5) is 34.1 Å². The molecule has 13 aromatic carbocycles. The van der Waals surface area contributed by atoms with Crippen molar-refractivity contribution >= 4 is 77.2 Å². The molecule has 0 radical (unpaired) electrons. The lowest BCUT2D eigenvalue weighted by atomic mass is 9.84. The molecular weight excluding hydrogens is 893 g/mol. The normalized spacial score (nSPS) is 12.7. The standard InChI is InChI=1S/C72H48N2/c1-7-23-59-47(15-1)21-13-25-61(59)49-31-35-51(36-32-49)71-63-41-39-58(74-69-29-11-5-19-55(69)44-56-20-6-12-30-70(56)74)46-66(63)72(52-37-33-50(34-38-52)62-26-14-22-48-16-2-8-24-60(48)62)64-42-40-57(45-65(64)71)73-67-27-9-3-17-53(67)43-54-18-4-10-28-68(54)73/h1-42,45-46H,43-44H2. The van der Waals surface area contributed by atoms with E-state index < -0.39 is 0 Å². The summed E-state index contributed by atoms with van der Waals surface area (Å²) in [4.78, 5) is 4.97. The van der Waals surface area contributed by atoms with Gasteiger partial charge in [0.15, 0.2) is 0 Å². The van der Waals surface area contributed by atoms with E-state index in [4.69, 9.17) is 0 Å². The average molecular weight is 941 g/mol. The molecule has 15 rings (SSSR count). The molecule has 0 saturated carbocycles.